The fourth-order valence-corrected chi connectivity index (χ4v) is 3.90. The van der Waals surface area contributed by atoms with Crippen molar-refractivity contribution >= 4 is 21.6 Å². The van der Waals surface area contributed by atoms with Crippen molar-refractivity contribution in [2.24, 2.45) is 15.4 Å². The van der Waals surface area contributed by atoms with Crippen LogP contribution in [0.2, 0.25) is 0 Å². The molecule has 0 spiro atoms. The molecule has 0 saturated heterocycles. The Morgan fingerprint density at radius 3 is 2.87 bits per heavy atom. The largest absolute Gasteiger partial charge is 0.285 e. The van der Waals surface area contributed by atoms with Crippen LogP contribution in [0.25, 0.3) is 0 Å². The number of amidine groups is 1. The number of nitrogens with zero attached hydrogens (tertiary/aromatic N) is 2. The topological polar surface area (TPSA) is 70.9 Å². The third-order valence-corrected chi connectivity index (χ3v) is 5.56. The number of hydrogen-bond donors (Lipinski definition) is 1. The van der Waals surface area contributed by atoms with Crippen molar-refractivity contribution in [3.05, 3.63) is 53.6 Å². The van der Waals surface area contributed by atoms with Crippen LogP contribution in [0.4, 0.5) is 0 Å². The van der Waals surface area contributed by atoms with Crippen molar-refractivity contribution in [2.75, 3.05) is 0 Å². The van der Waals surface area contributed by atoms with E-state index in [-0.39, 0.29) is 10.7 Å². The van der Waals surface area contributed by atoms with Crippen LogP contribution >= 0.6 is 0 Å². The average Bonchev–Trinajstić information content (AvgIpc) is 2.78. The number of benzene rings is 1. The van der Waals surface area contributed by atoms with Crippen LogP contribution in [0.3, 0.4) is 0 Å². The minimum absolute atomic E-state index is 0.221. The van der Waals surface area contributed by atoms with E-state index in [2.05, 4.69) is 27.6 Å². The van der Waals surface area contributed by atoms with E-state index in [0.717, 1.165) is 29.7 Å². The Labute approximate surface area is 136 Å². The van der Waals surface area contributed by atoms with Gasteiger partial charge in [0.1, 0.15) is 4.90 Å². The fraction of sp³-hybridized carbons (Fsp3) is 0.294. The van der Waals surface area contributed by atoms with Crippen LogP contribution in [0.15, 0.2) is 62.5 Å². The quantitative estimate of drug-likeness (QED) is 0.670. The molecule has 0 bridgehead atoms. The molecule has 1 heterocycles. The Kier molecular flexibility index (Phi) is 3.93. The maximum absolute atomic E-state index is 12.0. The van der Waals surface area contributed by atoms with E-state index in [1.54, 1.807) is 24.3 Å². The molecule has 1 aromatic rings. The summed E-state index contributed by atoms with van der Waals surface area (Å²) in [5.74, 6) is 0.652. The van der Waals surface area contributed by atoms with Gasteiger partial charge in [0.05, 0.1) is 5.71 Å². The number of rotatable bonds is 2. The van der Waals surface area contributed by atoms with Crippen LogP contribution in [0, 0.1) is 5.92 Å². The molecule has 120 valence electrons. The molecule has 0 aromatic heterocycles. The number of hydrazone groups is 1. The van der Waals surface area contributed by atoms with Crippen molar-refractivity contribution < 1.29 is 8.42 Å². The summed E-state index contributed by atoms with van der Waals surface area (Å²) >= 11 is 0. The van der Waals surface area contributed by atoms with Gasteiger partial charge < -0.3 is 0 Å². The second kappa shape index (κ2) is 5.77. The minimum Gasteiger partial charge on any atom is -0.260 e. The lowest BCUT2D eigenvalue weighted by molar-refractivity contribution is 0.599. The molecule has 0 unspecified atom stereocenters. The zero-order valence-electron chi connectivity index (χ0n) is 13.2. The van der Waals surface area contributed by atoms with E-state index < -0.39 is 10.0 Å². The highest BCUT2D eigenvalue weighted by Crippen LogP contribution is 2.27. The van der Waals surface area contributed by atoms with Gasteiger partial charge in [0.2, 0.25) is 0 Å². The van der Waals surface area contributed by atoms with Gasteiger partial charge >= 0.3 is 0 Å². The van der Waals surface area contributed by atoms with Crippen LogP contribution < -0.4 is 5.43 Å². The molecule has 0 amide bonds. The predicted molar refractivity (Wildman–Crippen MR) is 92.0 cm³/mol. The molecule has 1 aromatic carbocycles. The molecule has 6 heteroatoms. The lowest BCUT2D eigenvalue weighted by Crippen LogP contribution is -2.23. The molecule has 2 aliphatic rings. The zero-order valence-corrected chi connectivity index (χ0v) is 14.0. The summed E-state index contributed by atoms with van der Waals surface area (Å²) in [7, 11) is -3.62. The first kappa shape index (κ1) is 15.7. The first-order chi connectivity index (χ1) is 10.9. The zero-order chi connectivity index (χ0) is 16.6. The highest BCUT2D eigenvalue weighted by atomic mass is 32.2. The van der Waals surface area contributed by atoms with Crippen LogP contribution in [0.5, 0.6) is 0 Å². The molecule has 1 aliphatic heterocycles. The number of allylic oxidation sites excluding steroid dienone is 3. The second-order valence-electron chi connectivity index (χ2n) is 5.95. The highest BCUT2D eigenvalue weighted by molar-refractivity contribution is 7.90. The standard InChI is InChI=1S/C17H19N3O2S/c1-11(2)13-9-8-12(3)15(10-13)18-19-17-14-6-4-5-7-16(14)23(21,22)20-17/h4-8,13H,1,9-10H2,2-3H3,(H,19,20)/t13-/m0/s1. The van der Waals surface area contributed by atoms with Crippen molar-refractivity contribution in [3.63, 3.8) is 0 Å². The normalized spacial score (nSPS) is 23.9. The Morgan fingerprint density at radius 1 is 1.39 bits per heavy atom. The summed E-state index contributed by atoms with van der Waals surface area (Å²) < 4.78 is 27.8. The van der Waals surface area contributed by atoms with E-state index in [4.69, 9.17) is 0 Å². The molecule has 5 nitrogen and oxygen atoms in total. The summed E-state index contributed by atoms with van der Waals surface area (Å²) in [6, 6.07) is 6.75. The smallest absolute Gasteiger partial charge is 0.260 e. The molecule has 0 fully saturated rings. The second-order valence-corrected chi connectivity index (χ2v) is 7.52. The summed E-state index contributed by atoms with van der Waals surface area (Å²) in [5.41, 5.74) is 6.55. The SMILES string of the molecule is C=C(C)[C@H]1CC=C(C)C(=NNC2=NS(=O)(=O)c3ccccc32)C1. The van der Waals surface area contributed by atoms with Gasteiger partial charge in [-0.15, -0.1) is 4.40 Å². The summed E-state index contributed by atoms with van der Waals surface area (Å²) in [5, 5.41) is 4.41. The van der Waals surface area contributed by atoms with Crippen LogP contribution in [-0.4, -0.2) is 20.0 Å². The third kappa shape index (κ3) is 2.99. The lowest BCUT2D eigenvalue weighted by atomic mass is 9.85. The molecule has 23 heavy (non-hydrogen) atoms. The maximum atomic E-state index is 12.0. The van der Waals surface area contributed by atoms with Gasteiger partial charge in [-0.25, -0.2) is 0 Å². The van der Waals surface area contributed by atoms with Gasteiger partial charge in [0.15, 0.2) is 5.84 Å². The van der Waals surface area contributed by atoms with Gasteiger partial charge in [0.25, 0.3) is 10.0 Å². The number of nitrogens with one attached hydrogen (secondary N) is 1. The summed E-state index contributed by atoms with van der Waals surface area (Å²) in [6.45, 7) is 8.05. The van der Waals surface area contributed by atoms with Gasteiger partial charge in [-0.05, 0) is 50.3 Å². The highest BCUT2D eigenvalue weighted by Gasteiger charge is 2.28. The number of hydrogen-bond acceptors (Lipinski definition) is 4. The molecule has 1 atom stereocenters. The van der Waals surface area contributed by atoms with E-state index in [9.17, 15) is 8.42 Å². The molecule has 3 rings (SSSR count). The maximum Gasteiger partial charge on any atom is 0.285 e. The molecule has 0 saturated carbocycles. The van der Waals surface area contributed by atoms with Gasteiger partial charge in [-0.3, -0.25) is 5.43 Å². The predicted octanol–water partition coefficient (Wildman–Crippen LogP) is 3.01. The minimum atomic E-state index is -3.62. The first-order valence-electron chi connectivity index (χ1n) is 7.48. The van der Waals surface area contributed by atoms with E-state index in [1.165, 1.54) is 0 Å². The van der Waals surface area contributed by atoms with Crippen molar-refractivity contribution in [1.82, 2.24) is 5.43 Å². The molecular weight excluding hydrogens is 310 g/mol. The summed E-state index contributed by atoms with van der Waals surface area (Å²) in [6.07, 6.45) is 3.91. The van der Waals surface area contributed by atoms with Gasteiger partial charge in [-0.2, -0.15) is 13.5 Å². The molecule has 1 N–H and O–H groups in total. The number of fused-ring (bicyclic) bond motifs is 1. The molecule has 1 aliphatic carbocycles. The lowest BCUT2D eigenvalue weighted by Gasteiger charge is -2.22. The van der Waals surface area contributed by atoms with Gasteiger partial charge in [-0.1, -0.05) is 30.4 Å². The Morgan fingerprint density at radius 2 is 2.13 bits per heavy atom. The molecular formula is C17H19N3O2S. The number of sulfonamides is 1. The van der Waals surface area contributed by atoms with Gasteiger partial charge in [0, 0.05) is 5.56 Å². The average molecular weight is 329 g/mol. The Balaban J connectivity index is 1.88. The monoisotopic (exact) mass is 329 g/mol. The van der Waals surface area contributed by atoms with Crippen molar-refractivity contribution in [2.45, 2.75) is 31.6 Å². The van der Waals surface area contributed by atoms with Crippen molar-refractivity contribution in [3.8, 4) is 0 Å². The molecule has 0 radical (unpaired) electrons. The van der Waals surface area contributed by atoms with E-state index >= 15 is 0 Å². The van der Waals surface area contributed by atoms with E-state index in [0.29, 0.717) is 11.5 Å². The third-order valence-electron chi connectivity index (χ3n) is 4.23. The summed E-state index contributed by atoms with van der Waals surface area (Å²) in [4.78, 5) is 0.221. The Hall–Kier alpha value is -2.21. The Bertz CT molecular complexity index is 864. The van der Waals surface area contributed by atoms with Crippen molar-refractivity contribution in [1.29, 1.82) is 0 Å². The van der Waals surface area contributed by atoms with Crippen LogP contribution in [0.1, 0.15) is 32.3 Å². The fourth-order valence-electron chi connectivity index (χ4n) is 2.73. The van der Waals surface area contributed by atoms with Crippen LogP contribution in [-0.2, 0) is 10.0 Å². The van der Waals surface area contributed by atoms with E-state index in [1.807, 2.05) is 13.8 Å². The first-order valence-corrected chi connectivity index (χ1v) is 8.92.